The highest BCUT2D eigenvalue weighted by molar-refractivity contribution is 5.98. The van der Waals surface area contributed by atoms with E-state index in [1.165, 1.54) is 0 Å². The molecule has 3 N–H and O–H groups in total. The number of carbonyl (C=O) groups excluding carboxylic acids is 1. The van der Waals surface area contributed by atoms with Crippen molar-refractivity contribution in [2.24, 2.45) is 10.9 Å². The quantitative estimate of drug-likeness (QED) is 0.368. The summed E-state index contributed by atoms with van der Waals surface area (Å²) in [6.45, 7) is 6.59. The molecule has 1 rings (SSSR count). The zero-order valence-electron chi connectivity index (χ0n) is 11.7. The van der Waals surface area contributed by atoms with Gasteiger partial charge in [-0.05, 0) is 37.5 Å². The van der Waals surface area contributed by atoms with Gasteiger partial charge in [0, 0.05) is 12.1 Å². The maximum absolute atomic E-state index is 12.5. The van der Waals surface area contributed by atoms with Crippen LogP contribution in [0.1, 0.15) is 34.8 Å². The molecule has 1 aromatic rings. The molecule has 0 radical (unpaired) electrons. The van der Waals surface area contributed by atoms with E-state index in [0.717, 1.165) is 17.5 Å². The average molecular weight is 263 g/mol. The third-order valence-corrected chi connectivity index (χ3v) is 3.10. The zero-order chi connectivity index (χ0) is 14.4. The molecule has 0 heterocycles. The Bertz CT molecular complexity index is 484. The summed E-state index contributed by atoms with van der Waals surface area (Å²) >= 11 is 0. The maximum atomic E-state index is 12.5. The second kappa shape index (κ2) is 6.78. The number of amides is 1. The summed E-state index contributed by atoms with van der Waals surface area (Å²) in [6.07, 6.45) is 0.815. The molecule has 0 spiro atoms. The first-order valence-corrected chi connectivity index (χ1v) is 6.33. The van der Waals surface area contributed by atoms with Gasteiger partial charge in [-0.25, -0.2) is 0 Å². The summed E-state index contributed by atoms with van der Waals surface area (Å²) in [6, 6.07) is 5.64. The van der Waals surface area contributed by atoms with Crippen molar-refractivity contribution in [1.29, 1.82) is 0 Å². The Morgan fingerprint density at radius 1 is 1.42 bits per heavy atom. The highest BCUT2D eigenvalue weighted by Gasteiger charge is 2.18. The number of oxime groups is 1. The Morgan fingerprint density at radius 2 is 2.11 bits per heavy atom. The average Bonchev–Trinajstić information content (AvgIpc) is 2.40. The number of benzene rings is 1. The van der Waals surface area contributed by atoms with Crippen LogP contribution in [0.2, 0.25) is 0 Å². The molecule has 0 saturated carbocycles. The fraction of sp³-hybridized carbons (Fsp3) is 0.429. The SMILES string of the molecule is CCCN(CC(N)=NO)C(=O)c1cccc(C)c1C. The minimum atomic E-state index is -0.0883. The Morgan fingerprint density at radius 3 is 2.68 bits per heavy atom. The largest absolute Gasteiger partial charge is 0.409 e. The number of nitrogens with zero attached hydrogens (tertiary/aromatic N) is 2. The lowest BCUT2D eigenvalue weighted by molar-refractivity contribution is 0.0777. The number of hydrogen-bond acceptors (Lipinski definition) is 3. The second-order valence-electron chi connectivity index (χ2n) is 4.57. The first-order chi connectivity index (χ1) is 9.01. The van der Waals surface area contributed by atoms with Crippen molar-refractivity contribution >= 4 is 11.7 Å². The van der Waals surface area contributed by atoms with Crippen molar-refractivity contribution in [1.82, 2.24) is 4.90 Å². The Labute approximate surface area is 113 Å². The van der Waals surface area contributed by atoms with Crippen LogP contribution in [-0.2, 0) is 0 Å². The fourth-order valence-electron chi connectivity index (χ4n) is 1.90. The third-order valence-electron chi connectivity index (χ3n) is 3.10. The monoisotopic (exact) mass is 263 g/mol. The smallest absolute Gasteiger partial charge is 0.254 e. The number of nitrogens with two attached hydrogens (primary N) is 1. The van der Waals surface area contributed by atoms with Crippen molar-refractivity contribution in [3.63, 3.8) is 0 Å². The van der Waals surface area contributed by atoms with Gasteiger partial charge >= 0.3 is 0 Å². The van der Waals surface area contributed by atoms with Crippen molar-refractivity contribution in [2.45, 2.75) is 27.2 Å². The first-order valence-electron chi connectivity index (χ1n) is 6.33. The normalized spacial score (nSPS) is 11.4. The first kappa shape index (κ1) is 15.0. The standard InChI is InChI=1S/C14H21N3O2/c1-4-8-17(9-13(15)16-19)14(18)12-7-5-6-10(2)11(12)3/h5-7,19H,4,8-9H2,1-3H3,(H2,15,16). The van der Waals surface area contributed by atoms with Crippen LogP contribution in [-0.4, -0.2) is 34.9 Å². The molecule has 104 valence electrons. The van der Waals surface area contributed by atoms with E-state index in [0.29, 0.717) is 12.1 Å². The summed E-state index contributed by atoms with van der Waals surface area (Å²) in [5.74, 6) is -0.0539. The summed E-state index contributed by atoms with van der Waals surface area (Å²) in [7, 11) is 0. The molecule has 0 fully saturated rings. The summed E-state index contributed by atoms with van der Waals surface area (Å²) in [5, 5.41) is 11.6. The number of rotatable bonds is 5. The van der Waals surface area contributed by atoms with Crippen LogP contribution in [0.4, 0.5) is 0 Å². The van der Waals surface area contributed by atoms with E-state index in [-0.39, 0.29) is 18.3 Å². The lowest BCUT2D eigenvalue weighted by atomic mass is 10.0. The molecule has 0 aliphatic rings. The van der Waals surface area contributed by atoms with E-state index < -0.39 is 0 Å². The molecule has 0 aliphatic carbocycles. The van der Waals surface area contributed by atoms with Crippen LogP contribution in [0.15, 0.2) is 23.4 Å². The molecular weight excluding hydrogens is 242 g/mol. The van der Waals surface area contributed by atoms with Crippen LogP contribution in [0.25, 0.3) is 0 Å². The Balaban J connectivity index is 3.02. The molecule has 0 aromatic heterocycles. The van der Waals surface area contributed by atoms with Crippen LogP contribution in [0.3, 0.4) is 0 Å². The molecule has 0 unspecified atom stereocenters. The predicted molar refractivity (Wildman–Crippen MR) is 75.5 cm³/mol. The van der Waals surface area contributed by atoms with E-state index in [2.05, 4.69) is 5.16 Å². The fourth-order valence-corrected chi connectivity index (χ4v) is 1.90. The van der Waals surface area contributed by atoms with Crippen LogP contribution >= 0.6 is 0 Å². The van der Waals surface area contributed by atoms with E-state index in [9.17, 15) is 4.79 Å². The number of carbonyl (C=O) groups is 1. The van der Waals surface area contributed by atoms with Crippen molar-refractivity contribution in [2.75, 3.05) is 13.1 Å². The van der Waals surface area contributed by atoms with Gasteiger partial charge in [0.25, 0.3) is 5.91 Å². The van der Waals surface area contributed by atoms with E-state index >= 15 is 0 Å². The van der Waals surface area contributed by atoms with Gasteiger partial charge in [0.15, 0.2) is 5.84 Å². The number of aryl methyl sites for hydroxylation is 1. The lowest BCUT2D eigenvalue weighted by Gasteiger charge is -2.22. The molecule has 5 nitrogen and oxygen atoms in total. The van der Waals surface area contributed by atoms with Gasteiger partial charge in [-0.3, -0.25) is 4.79 Å². The molecule has 5 heteroatoms. The highest BCUT2D eigenvalue weighted by atomic mass is 16.4. The van der Waals surface area contributed by atoms with Gasteiger partial charge in [0.05, 0.1) is 6.54 Å². The summed E-state index contributed by atoms with van der Waals surface area (Å²) in [4.78, 5) is 14.1. The lowest BCUT2D eigenvalue weighted by Crippen LogP contribution is -2.39. The van der Waals surface area contributed by atoms with E-state index in [4.69, 9.17) is 10.9 Å². The minimum absolute atomic E-state index is 0.0344. The van der Waals surface area contributed by atoms with E-state index in [1.54, 1.807) is 11.0 Å². The van der Waals surface area contributed by atoms with Gasteiger partial charge in [-0.2, -0.15) is 0 Å². The molecule has 0 bridgehead atoms. The highest BCUT2D eigenvalue weighted by Crippen LogP contribution is 2.15. The third kappa shape index (κ3) is 3.71. The molecule has 0 aliphatic heterocycles. The Kier molecular flexibility index (Phi) is 5.36. The summed E-state index contributed by atoms with van der Waals surface area (Å²) in [5.41, 5.74) is 8.20. The number of amidine groups is 1. The maximum Gasteiger partial charge on any atom is 0.254 e. The summed E-state index contributed by atoms with van der Waals surface area (Å²) < 4.78 is 0. The number of hydrogen-bond donors (Lipinski definition) is 2. The topological polar surface area (TPSA) is 78.9 Å². The second-order valence-corrected chi connectivity index (χ2v) is 4.57. The molecule has 1 aromatic carbocycles. The minimum Gasteiger partial charge on any atom is -0.409 e. The van der Waals surface area contributed by atoms with E-state index in [1.807, 2.05) is 32.9 Å². The van der Waals surface area contributed by atoms with Gasteiger partial charge in [-0.1, -0.05) is 24.2 Å². The van der Waals surface area contributed by atoms with Gasteiger partial charge in [-0.15, -0.1) is 0 Å². The van der Waals surface area contributed by atoms with Crippen molar-refractivity contribution in [3.8, 4) is 0 Å². The van der Waals surface area contributed by atoms with Gasteiger partial charge in [0.2, 0.25) is 0 Å². The van der Waals surface area contributed by atoms with Crippen LogP contribution < -0.4 is 5.73 Å². The van der Waals surface area contributed by atoms with Crippen LogP contribution in [0.5, 0.6) is 0 Å². The van der Waals surface area contributed by atoms with Crippen molar-refractivity contribution in [3.05, 3.63) is 34.9 Å². The molecule has 1 amide bonds. The molecule has 0 atom stereocenters. The molecular formula is C14H21N3O2. The molecule has 19 heavy (non-hydrogen) atoms. The van der Waals surface area contributed by atoms with Gasteiger partial charge in [0.1, 0.15) is 0 Å². The van der Waals surface area contributed by atoms with Gasteiger partial charge < -0.3 is 15.8 Å². The Hall–Kier alpha value is -2.04. The van der Waals surface area contributed by atoms with Crippen molar-refractivity contribution < 1.29 is 10.0 Å². The predicted octanol–water partition coefficient (Wildman–Crippen LogP) is 1.90. The zero-order valence-corrected chi connectivity index (χ0v) is 11.7. The molecule has 0 saturated heterocycles. The van der Waals surface area contributed by atoms with Crippen LogP contribution in [0, 0.1) is 13.8 Å².